The summed E-state index contributed by atoms with van der Waals surface area (Å²) in [7, 11) is 0. The molecular weight excluding hydrogens is 439 g/mol. The van der Waals surface area contributed by atoms with E-state index in [0.717, 1.165) is 19.5 Å². The molecule has 0 spiro atoms. The molecule has 0 radical (unpaired) electrons. The van der Waals surface area contributed by atoms with E-state index in [2.05, 4.69) is 4.90 Å². The molecule has 2 heterocycles. The van der Waals surface area contributed by atoms with Crippen molar-refractivity contribution in [1.82, 2.24) is 9.80 Å². The van der Waals surface area contributed by atoms with Gasteiger partial charge in [0.25, 0.3) is 11.7 Å². The van der Waals surface area contributed by atoms with Gasteiger partial charge in [-0.15, -0.1) is 0 Å². The van der Waals surface area contributed by atoms with Crippen molar-refractivity contribution in [3.8, 4) is 5.75 Å². The molecular formula is C26H29FN2O5. The monoisotopic (exact) mass is 468 g/mol. The fourth-order valence-corrected chi connectivity index (χ4v) is 4.29. The zero-order valence-electron chi connectivity index (χ0n) is 19.2. The molecule has 0 aliphatic carbocycles. The number of aliphatic hydroxyl groups excluding tert-OH is 1. The molecule has 0 aromatic heterocycles. The molecule has 180 valence electrons. The lowest BCUT2D eigenvalue weighted by Gasteiger charge is -2.31. The fraction of sp³-hybridized carbons (Fsp3) is 0.385. The van der Waals surface area contributed by atoms with Crippen molar-refractivity contribution in [2.45, 2.75) is 19.4 Å². The van der Waals surface area contributed by atoms with Crippen LogP contribution in [0.4, 0.5) is 4.39 Å². The summed E-state index contributed by atoms with van der Waals surface area (Å²) in [4.78, 5) is 29.6. The Morgan fingerprint density at radius 1 is 1.09 bits per heavy atom. The van der Waals surface area contributed by atoms with Crippen molar-refractivity contribution in [2.75, 3.05) is 46.0 Å². The average Bonchev–Trinajstić information content (AvgIpc) is 3.11. The van der Waals surface area contributed by atoms with Crippen molar-refractivity contribution >= 4 is 17.4 Å². The molecule has 1 amide bonds. The molecule has 1 atom stereocenters. The Balaban J connectivity index is 1.69. The van der Waals surface area contributed by atoms with E-state index in [1.54, 1.807) is 42.5 Å². The van der Waals surface area contributed by atoms with E-state index in [1.807, 2.05) is 6.92 Å². The maximum atomic E-state index is 14.9. The highest BCUT2D eigenvalue weighted by Crippen LogP contribution is 2.40. The molecule has 8 heteroatoms. The largest absolute Gasteiger partial charge is 0.507 e. The summed E-state index contributed by atoms with van der Waals surface area (Å²) in [6.45, 7) is 5.96. The minimum Gasteiger partial charge on any atom is -0.507 e. The molecule has 0 bridgehead atoms. The Hall–Kier alpha value is -3.23. The van der Waals surface area contributed by atoms with Crippen LogP contribution in [0.25, 0.3) is 5.76 Å². The molecule has 34 heavy (non-hydrogen) atoms. The minimum absolute atomic E-state index is 0.112. The molecule has 1 N–H and O–H groups in total. The number of rotatable bonds is 8. The number of ketones is 1. The number of Topliss-reactive ketones (excluding diaryl/α,β-unsaturated/α-hetero) is 1. The first-order chi connectivity index (χ1) is 16.5. The third-order valence-corrected chi connectivity index (χ3v) is 6.10. The number of ether oxygens (including phenoxy) is 2. The maximum Gasteiger partial charge on any atom is 0.295 e. The van der Waals surface area contributed by atoms with Gasteiger partial charge in [0.2, 0.25) is 0 Å². The highest BCUT2D eigenvalue weighted by Gasteiger charge is 2.46. The van der Waals surface area contributed by atoms with Gasteiger partial charge >= 0.3 is 0 Å². The highest BCUT2D eigenvalue weighted by atomic mass is 19.1. The van der Waals surface area contributed by atoms with Gasteiger partial charge in [0.1, 0.15) is 17.3 Å². The minimum atomic E-state index is -1.02. The number of aliphatic hydroxyl groups is 1. The van der Waals surface area contributed by atoms with Crippen LogP contribution < -0.4 is 4.74 Å². The van der Waals surface area contributed by atoms with E-state index >= 15 is 0 Å². The molecule has 7 nitrogen and oxygen atoms in total. The van der Waals surface area contributed by atoms with Crippen LogP contribution in [0.3, 0.4) is 0 Å². The fourth-order valence-electron chi connectivity index (χ4n) is 4.29. The van der Waals surface area contributed by atoms with Gasteiger partial charge in [0, 0.05) is 37.3 Å². The summed E-state index contributed by atoms with van der Waals surface area (Å²) in [5.74, 6) is -1.80. The predicted molar refractivity (Wildman–Crippen MR) is 125 cm³/mol. The number of carbonyl (C=O) groups is 2. The lowest BCUT2D eigenvalue weighted by atomic mass is 9.95. The quantitative estimate of drug-likeness (QED) is 0.364. The van der Waals surface area contributed by atoms with Gasteiger partial charge in [-0.05, 0) is 36.8 Å². The van der Waals surface area contributed by atoms with Gasteiger partial charge in [-0.3, -0.25) is 14.5 Å². The van der Waals surface area contributed by atoms with Crippen LogP contribution in [0, 0.1) is 5.82 Å². The molecule has 2 aliphatic rings. The van der Waals surface area contributed by atoms with Crippen LogP contribution in [0.2, 0.25) is 0 Å². The summed E-state index contributed by atoms with van der Waals surface area (Å²) < 4.78 is 25.8. The first kappa shape index (κ1) is 23.9. The van der Waals surface area contributed by atoms with Crippen molar-refractivity contribution in [1.29, 1.82) is 0 Å². The zero-order valence-corrected chi connectivity index (χ0v) is 19.2. The van der Waals surface area contributed by atoms with Crippen molar-refractivity contribution in [3.63, 3.8) is 0 Å². The van der Waals surface area contributed by atoms with E-state index in [4.69, 9.17) is 9.47 Å². The summed E-state index contributed by atoms with van der Waals surface area (Å²) in [5, 5.41) is 11.1. The lowest BCUT2D eigenvalue weighted by molar-refractivity contribution is -0.140. The molecule has 2 aromatic rings. The number of hydrogen-bond donors (Lipinski definition) is 1. The molecule has 2 aliphatic heterocycles. The van der Waals surface area contributed by atoms with Crippen LogP contribution in [-0.2, 0) is 14.3 Å². The summed E-state index contributed by atoms with van der Waals surface area (Å²) >= 11 is 0. The highest BCUT2D eigenvalue weighted by molar-refractivity contribution is 6.46. The van der Waals surface area contributed by atoms with E-state index in [-0.39, 0.29) is 23.4 Å². The number of hydrogen-bond acceptors (Lipinski definition) is 6. The standard InChI is InChI=1S/C26H29FN2O5/c1-2-15-34-19-9-7-18(8-10-19)24(30)22-23(20-5-3-4-6-21(20)27)29(26(32)25(22)31)12-11-28-13-16-33-17-14-28/h3-10,23,30H,2,11-17H2,1H3/t23-/m1/s1. The van der Waals surface area contributed by atoms with E-state index in [9.17, 15) is 19.1 Å². The number of morpholine rings is 1. The Morgan fingerprint density at radius 2 is 1.79 bits per heavy atom. The number of nitrogens with zero attached hydrogens (tertiary/aromatic N) is 2. The molecule has 2 fully saturated rings. The number of benzene rings is 2. The van der Waals surface area contributed by atoms with Crippen LogP contribution in [0.1, 0.15) is 30.5 Å². The van der Waals surface area contributed by atoms with Gasteiger partial charge in [-0.2, -0.15) is 0 Å². The topological polar surface area (TPSA) is 79.3 Å². The predicted octanol–water partition coefficient (Wildman–Crippen LogP) is 3.37. The Labute approximate surface area is 198 Å². The van der Waals surface area contributed by atoms with Gasteiger partial charge in [-0.25, -0.2) is 4.39 Å². The smallest absolute Gasteiger partial charge is 0.295 e. The number of likely N-dealkylation sites (tertiary alicyclic amines) is 1. The summed E-state index contributed by atoms with van der Waals surface area (Å²) in [6, 6.07) is 11.7. The van der Waals surface area contributed by atoms with Gasteiger partial charge < -0.3 is 19.5 Å². The second-order valence-corrected chi connectivity index (χ2v) is 8.34. The molecule has 2 aromatic carbocycles. The van der Waals surface area contributed by atoms with Crippen LogP contribution in [0.15, 0.2) is 54.1 Å². The van der Waals surface area contributed by atoms with Crippen molar-refractivity contribution in [2.24, 2.45) is 0 Å². The second-order valence-electron chi connectivity index (χ2n) is 8.34. The van der Waals surface area contributed by atoms with E-state index in [0.29, 0.717) is 37.7 Å². The molecule has 0 saturated carbocycles. The van der Waals surface area contributed by atoms with Crippen molar-refractivity contribution < 1.29 is 28.6 Å². The Bertz CT molecular complexity index is 1060. The summed E-state index contributed by atoms with van der Waals surface area (Å²) in [6.07, 6.45) is 0.859. The number of halogens is 1. The van der Waals surface area contributed by atoms with E-state index < -0.39 is 23.5 Å². The van der Waals surface area contributed by atoms with Crippen LogP contribution in [0.5, 0.6) is 5.75 Å². The number of amides is 1. The lowest BCUT2D eigenvalue weighted by Crippen LogP contribution is -2.42. The molecule has 0 unspecified atom stereocenters. The SMILES string of the molecule is CCCOc1ccc(C(O)=C2C(=O)C(=O)N(CCN3CCOCC3)[C@@H]2c2ccccc2F)cc1. The first-order valence-electron chi connectivity index (χ1n) is 11.6. The van der Waals surface area contributed by atoms with Crippen LogP contribution >= 0.6 is 0 Å². The van der Waals surface area contributed by atoms with E-state index in [1.165, 1.54) is 11.0 Å². The maximum absolute atomic E-state index is 14.9. The normalized spacial score (nSPS) is 20.6. The summed E-state index contributed by atoms with van der Waals surface area (Å²) in [5.41, 5.74) is 0.420. The van der Waals surface area contributed by atoms with Crippen LogP contribution in [-0.4, -0.2) is 72.6 Å². The Morgan fingerprint density at radius 3 is 2.47 bits per heavy atom. The first-order valence-corrected chi connectivity index (χ1v) is 11.6. The van der Waals surface area contributed by atoms with Gasteiger partial charge in [0.15, 0.2) is 0 Å². The average molecular weight is 469 g/mol. The Kier molecular flexibility index (Phi) is 7.59. The molecule has 4 rings (SSSR count). The second kappa shape index (κ2) is 10.8. The third-order valence-electron chi connectivity index (χ3n) is 6.10. The van der Waals surface area contributed by atoms with Gasteiger partial charge in [0.05, 0.1) is 31.4 Å². The van der Waals surface area contributed by atoms with Crippen molar-refractivity contribution in [3.05, 3.63) is 71.0 Å². The number of carbonyl (C=O) groups excluding carboxylic acids is 2. The third kappa shape index (κ3) is 4.98. The molecule has 2 saturated heterocycles. The zero-order chi connectivity index (χ0) is 24.1. The van der Waals surface area contributed by atoms with Gasteiger partial charge in [-0.1, -0.05) is 25.1 Å².